The van der Waals surface area contributed by atoms with Gasteiger partial charge in [0, 0.05) is 6.54 Å². The minimum atomic E-state index is -0.344. The molecule has 0 saturated heterocycles. The molecule has 0 unspecified atom stereocenters. The van der Waals surface area contributed by atoms with E-state index in [-0.39, 0.29) is 11.5 Å². The first kappa shape index (κ1) is 17.8. The van der Waals surface area contributed by atoms with Crippen LogP contribution in [-0.2, 0) is 4.74 Å². The highest BCUT2D eigenvalue weighted by Gasteiger charge is 2.12. The molecule has 0 bridgehead atoms. The van der Waals surface area contributed by atoms with Gasteiger partial charge in [0.1, 0.15) is 0 Å². The molecule has 0 aromatic carbocycles. The number of amides is 1. The summed E-state index contributed by atoms with van der Waals surface area (Å²) in [7, 11) is 0. The van der Waals surface area contributed by atoms with E-state index in [0.717, 1.165) is 12.8 Å². The van der Waals surface area contributed by atoms with Crippen molar-refractivity contribution in [3.05, 3.63) is 23.3 Å². The van der Waals surface area contributed by atoms with E-state index >= 15 is 0 Å². The fraction of sp³-hybridized carbons (Fsp3) is 0.688. The van der Waals surface area contributed by atoms with Crippen LogP contribution in [0.5, 0.6) is 0 Å². The van der Waals surface area contributed by atoms with Gasteiger partial charge in [-0.3, -0.25) is 0 Å². The average Bonchev–Trinajstić information content (AvgIpc) is 2.25. The summed E-state index contributed by atoms with van der Waals surface area (Å²) in [5, 5.41) is 2.73. The number of ether oxygens (including phenoxy) is 1. The Kier molecular flexibility index (Phi) is 8.21. The van der Waals surface area contributed by atoms with Crippen molar-refractivity contribution in [2.75, 3.05) is 13.2 Å². The second kappa shape index (κ2) is 8.78. The van der Waals surface area contributed by atoms with Crippen LogP contribution in [0.15, 0.2) is 23.3 Å². The Balaban J connectivity index is 3.81. The standard InChI is InChI=1S/C16H29NO2/c1-13(2)8-7-9-14(3)10-11-17-15(18)19-12-16(4,5)6/h8,10H,7,9,11-12H2,1-6H3,(H,17,18)/b14-10-. The maximum atomic E-state index is 11.4. The molecule has 1 amide bonds. The summed E-state index contributed by atoms with van der Waals surface area (Å²) in [6.45, 7) is 13.4. The Hall–Kier alpha value is -1.25. The molecule has 3 heteroatoms. The van der Waals surface area contributed by atoms with Crippen molar-refractivity contribution in [3.8, 4) is 0 Å². The first-order chi connectivity index (χ1) is 8.70. The summed E-state index contributed by atoms with van der Waals surface area (Å²) in [5.41, 5.74) is 2.64. The van der Waals surface area contributed by atoms with Crippen molar-refractivity contribution in [2.24, 2.45) is 5.41 Å². The fourth-order valence-corrected chi connectivity index (χ4v) is 1.33. The van der Waals surface area contributed by atoms with Gasteiger partial charge in [0.15, 0.2) is 0 Å². The zero-order valence-electron chi connectivity index (χ0n) is 13.3. The molecular formula is C16H29NO2. The molecule has 19 heavy (non-hydrogen) atoms. The zero-order valence-corrected chi connectivity index (χ0v) is 13.3. The van der Waals surface area contributed by atoms with E-state index in [1.54, 1.807) is 0 Å². The lowest BCUT2D eigenvalue weighted by atomic mass is 9.99. The molecule has 0 aromatic rings. The molecule has 0 fully saturated rings. The summed E-state index contributed by atoms with van der Waals surface area (Å²) >= 11 is 0. The molecule has 0 radical (unpaired) electrons. The van der Waals surface area contributed by atoms with E-state index < -0.39 is 0 Å². The molecule has 0 aliphatic carbocycles. The Morgan fingerprint density at radius 3 is 2.32 bits per heavy atom. The van der Waals surface area contributed by atoms with Gasteiger partial charge < -0.3 is 10.1 Å². The number of hydrogen-bond acceptors (Lipinski definition) is 2. The number of rotatable bonds is 6. The largest absolute Gasteiger partial charge is 0.449 e. The van der Waals surface area contributed by atoms with Gasteiger partial charge in [-0.15, -0.1) is 0 Å². The fourth-order valence-electron chi connectivity index (χ4n) is 1.33. The summed E-state index contributed by atoms with van der Waals surface area (Å²) in [6.07, 6.45) is 6.01. The minimum Gasteiger partial charge on any atom is -0.449 e. The number of allylic oxidation sites excluding steroid dienone is 3. The van der Waals surface area contributed by atoms with Crippen LogP contribution in [-0.4, -0.2) is 19.2 Å². The second-order valence-corrected chi connectivity index (χ2v) is 6.39. The number of hydrogen-bond donors (Lipinski definition) is 1. The molecule has 0 rings (SSSR count). The van der Waals surface area contributed by atoms with Gasteiger partial charge in [0.2, 0.25) is 0 Å². The number of alkyl carbamates (subject to hydrolysis) is 1. The van der Waals surface area contributed by atoms with Gasteiger partial charge in [-0.05, 0) is 39.0 Å². The highest BCUT2D eigenvalue weighted by Crippen LogP contribution is 2.12. The van der Waals surface area contributed by atoms with Crippen LogP contribution in [0.25, 0.3) is 0 Å². The Labute approximate surface area is 118 Å². The quantitative estimate of drug-likeness (QED) is 0.722. The summed E-state index contributed by atoms with van der Waals surface area (Å²) in [5.74, 6) is 0. The van der Waals surface area contributed by atoms with Gasteiger partial charge in [-0.2, -0.15) is 0 Å². The van der Waals surface area contributed by atoms with Crippen molar-refractivity contribution < 1.29 is 9.53 Å². The van der Waals surface area contributed by atoms with Crippen LogP contribution in [0.3, 0.4) is 0 Å². The van der Waals surface area contributed by atoms with E-state index in [0.29, 0.717) is 13.2 Å². The van der Waals surface area contributed by atoms with Gasteiger partial charge >= 0.3 is 6.09 Å². The minimum absolute atomic E-state index is 0.00738. The lowest BCUT2D eigenvalue weighted by molar-refractivity contribution is 0.107. The maximum absolute atomic E-state index is 11.4. The smallest absolute Gasteiger partial charge is 0.407 e. The molecule has 0 aliphatic rings. The third kappa shape index (κ3) is 13.0. The van der Waals surface area contributed by atoms with Gasteiger partial charge in [-0.1, -0.05) is 44.1 Å². The highest BCUT2D eigenvalue weighted by atomic mass is 16.5. The van der Waals surface area contributed by atoms with E-state index in [1.807, 2.05) is 26.8 Å². The van der Waals surface area contributed by atoms with E-state index in [4.69, 9.17) is 4.74 Å². The average molecular weight is 267 g/mol. The first-order valence-electron chi connectivity index (χ1n) is 6.90. The van der Waals surface area contributed by atoms with Crippen LogP contribution in [0, 0.1) is 5.41 Å². The van der Waals surface area contributed by atoms with Crippen LogP contribution in [0.1, 0.15) is 54.4 Å². The summed E-state index contributed by atoms with van der Waals surface area (Å²) in [4.78, 5) is 11.4. The molecule has 0 spiro atoms. The molecule has 1 N–H and O–H groups in total. The van der Waals surface area contributed by atoms with Crippen LogP contribution >= 0.6 is 0 Å². The Bertz CT molecular complexity index is 331. The topological polar surface area (TPSA) is 38.3 Å². The molecule has 0 saturated carbocycles. The summed E-state index contributed by atoms with van der Waals surface area (Å²) < 4.78 is 5.11. The maximum Gasteiger partial charge on any atom is 0.407 e. The second-order valence-electron chi connectivity index (χ2n) is 6.39. The zero-order chi connectivity index (χ0) is 14.9. The third-order valence-electron chi connectivity index (χ3n) is 2.42. The molecule has 0 heterocycles. The van der Waals surface area contributed by atoms with Crippen molar-refractivity contribution in [1.82, 2.24) is 5.32 Å². The number of carbonyl (C=O) groups excluding carboxylic acids is 1. The van der Waals surface area contributed by atoms with Gasteiger partial charge in [-0.25, -0.2) is 4.79 Å². The summed E-state index contributed by atoms with van der Waals surface area (Å²) in [6, 6.07) is 0. The predicted octanol–water partition coefficient (Wildman–Crippen LogP) is 4.45. The van der Waals surface area contributed by atoms with Crippen LogP contribution < -0.4 is 5.32 Å². The van der Waals surface area contributed by atoms with Gasteiger partial charge in [0.25, 0.3) is 0 Å². The molecule has 3 nitrogen and oxygen atoms in total. The Morgan fingerprint density at radius 1 is 1.16 bits per heavy atom. The third-order valence-corrected chi connectivity index (χ3v) is 2.42. The van der Waals surface area contributed by atoms with Crippen molar-refractivity contribution in [2.45, 2.75) is 54.4 Å². The monoisotopic (exact) mass is 267 g/mol. The first-order valence-corrected chi connectivity index (χ1v) is 6.90. The number of carbonyl (C=O) groups is 1. The molecule has 0 aliphatic heterocycles. The lowest BCUT2D eigenvalue weighted by Gasteiger charge is -2.17. The van der Waals surface area contributed by atoms with E-state index in [9.17, 15) is 4.79 Å². The van der Waals surface area contributed by atoms with Crippen LogP contribution in [0.2, 0.25) is 0 Å². The van der Waals surface area contributed by atoms with Crippen LogP contribution in [0.4, 0.5) is 4.79 Å². The normalized spacial score (nSPS) is 12.0. The van der Waals surface area contributed by atoms with Crippen molar-refractivity contribution in [3.63, 3.8) is 0 Å². The van der Waals surface area contributed by atoms with E-state index in [2.05, 4.69) is 32.2 Å². The van der Waals surface area contributed by atoms with E-state index in [1.165, 1.54) is 11.1 Å². The highest BCUT2D eigenvalue weighted by molar-refractivity contribution is 5.67. The molecule has 110 valence electrons. The van der Waals surface area contributed by atoms with Gasteiger partial charge in [0.05, 0.1) is 6.61 Å². The Morgan fingerprint density at radius 2 is 1.79 bits per heavy atom. The molecular weight excluding hydrogens is 238 g/mol. The SMILES string of the molecule is CC(C)=CCC/C(C)=C\CNC(=O)OCC(C)(C)C. The molecule has 0 atom stereocenters. The molecule has 0 aromatic heterocycles. The predicted molar refractivity (Wildman–Crippen MR) is 81.2 cm³/mol. The number of nitrogens with one attached hydrogen (secondary N) is 1. The van der Waals surface area contributed by atoms with Crippen molar-refractivity contribution >= 4 is 6.09 Å². The van der Waals surface area contributed by atoms with Crippen molar-refractivity contribution in [1.29, 1.82) is 0 Å². The lowest BCUT2D eigenvalue weighted by Crippen LogP contribution is -2.28.